The number of rotatable bonds is 3. The Kier molecular flexibility index (Phi) is 11.3. The number of benzene rings is 1. The van der Waals surface area contributed by atoms with Crippen LogP contribution in [0.2, 0.25) is 0 Å². The normalized spacial score (nSPS) is 7.75. The first-order valence-corrected chi connectivity index (χ1v) is 3.10. The zero-order valence-electron chi connectivity index (χ0n) is 7.54. The van der Waals surface area contributed by atoms with E-state index in [1.165, 1.54) is 0 Å². The van der Waals surface area contributed by atoms with Crippen LogP contribution in [0.3, 0.4) is 0 Å². The van der Waals surface area contributed by atoms with Gasteiger partial charge in [0.25, 0.3) is 0 Å². The van der Waals surface area contributed by atoms with Gasteiger partial charge in [0.1, 0.15) is 0 Å². The molecule has 0 aliphatic rings. The molecule has 1 rings (SSSR count). The van der Waals surface area contributed by atoms with Crippen molar-refractivity contribution in [2.75, 3.05) is 13.2 Å². The SMILES string of the molecule is [Li+].[Li+].[O-]CCOc1cc[c-]cc1. The molecule has 0 aliphatic heterocycles. The molecule has 1 aromatic carbocycles. The first-order chi connectivity index (χ1) is 4.93. The van der Waals surface area contributed by atoms with E-state index in [2.05, 4.69) is 6.07 Å². The van der Waals surface area contributed by atoms with E-state index >= 15 is 0 Å². The van der Waals surface area contributed by atoms with E-state index < -0.39 is 0 Å². The summed E-state index contributed by atoms with van der Waals surface area (Å²) in [6.07, 6.45) is 0. The zero-order chi connectivity index (χ0) is 7.23. The van der Waals surface area contributed by atoms with Gasteiger partial charge in [-0.2, -0.15) is 18.2 Å². The minimum Gasteiger partial charge on any atom is -0.852 e. The van der Waals surface area contributed by atoms with Crippen LogP contribution in [-0.4, -0.2) is 13.2 Å². The molecule has 0 aromatic heterocycles. The Morgan fingerprint density at radius 2 is 1.83 bits per heavy atom. The molecule has 1 aromatic rings. The maximum absolute atomic E-state index is 9.97. The van der Waals surface area contributed by atoms with Gasteiger partial charge in [-0.3, -0.25) is 0 Å². The molecule has 0 spiro atoms. The van der Waals surface area contributed by atoms with Gasteiger partial charge in [0.2, 0.25) is 0 Å². The molecule has 0 unspecified atom stereocenters. The van der Waals surface area contributed by atoms with Crippen molar-refractivity contribution in [2.24, 2.45) is 0 Å². The van der Waals surface area contributed by atoms with E-state index in [1.807, 2.05) is 0 Å². The molecule has 2 nitrogen and oxygen atoms in total. The maximum atomic E-state index is 9.97. The third kappa shape index (κ3) is 5.78. The maximum Gasteiger partial charge on any atom is 1.00 e. The van der Waals surface area contributed by atoms with Crippen molar-refractivity contribution in [1.82, 2.24) is 0 Å². The minimum absolute atomic E-state index is 0. The summed E-state index contributed by atoms with van der Waals surface area (Å²) in [5, 5.41) is 9.97. The van der Waals surface area contributed by atoms with E-state index in [4.69, 9.17) is 4.74 Å². The second-order valence-corrected chi connectivity index (χ2v) is 1.79. The molecule has 0 aliphatic carbocycles. The van der Waals surface area contributed by atoms with Crippen molar-refractivity contribution in [3.8, 4) is 5.75 Å². The Morgan fingerprint density at radius 1 is 1.25 bits per heavy atom. The van der Waals surface area contributed by atoms with Crippen molar-refractivity contribution in [2.45, 2.75) is 0 Å². The molecule has 0 heterocycles. The van der Waals surface area contributed by atoms with Crippen LogP contribution in [0, 0.1) is 6.07 Å². The molecular formula is C8H8Li2O2. The van der Waals surface area contributed by atoms with Crippen LogP contribution in [0.25, 0.3) is 0 Å². The van der Waals surface area contributed by atoms with Crippen LogP contribution < -0.4 is 47.6 Å². The summed E-state index contributed by atoms with van der Waals surface area (Å²) >= 11 is 0. The second-order valence-electron chi connectivity index (χ2n) is 1.79. The fraction of sp³-hybridized carbons (Fsp3) is 0.250. The summed E-state index contributed by atoms with van der Waals surface area (Å²) in [7, 11) is 0. The molecule has 0 atom stereocenters. The molecular weight excluding hydrogens is 142 g/mol. The van der Waals surface area contributed by atoms with Crippen molar-refractivity contribution in [3.05, 3.63) is 30.3 Å². The average molecular weight is 150 g/mol. The van der Waals surface area contributed by atoms with E-state index in [9.17, 15) is 5.11 Å². The Hall–Kier alpha value is 0.175. The van der Waals surface area contributed by atoms with Gasteiger partial charge < -0.3 is 9.84 Å². The van der Waals surface area contributed by atoms with Gasteiger partial charge in [0.05, 0.1) is 6.61 Å². The molecule has 0 fully saturated rings. The number of ether oxygens (including phenoxy) is 1. The van der Waals surface area contributed by atoms with Crippen LogP contribution in [-0.2, 0) is 0 Å². The molecule has 12 heavy (non-hydrogen) atoms. The van der Waals surface area contributed by atoms with Gasteiger partial charge in [-0.05, 0) is 0 Å². The summed E-state index contributed by atoms with van der Waals surface area (Å²) < 4.78 is 5.02. The van der Waals surface area contributed by atoms with Crippen molar-refractivity contribution >= 4 is 0 Å². The Bertz CT molecular complexity index is 180. The van der Waals surface area contributed by atoms with E-state index in [1.54, 1.807) is 24.3 Å². The molecule has 0 N–H and O–H groups in total. The molecule has 0 saturated carbocycles. The summed E-state index contributed by atoms with van der Waals surface area (Å²) in [6.45, 7) is 0.0443. The van der Waals surface area contributed by atoms with Gasteiger partial charge in [0.15, 0.2) is 0 Å². The molecule has 0 amide bonds. The molecule has 4 heteroatoms. The monoisotopic (exact) mass is 150 g/mol. The van der Waals surface area contributed by atoms with Gasteiger partial charge >= 0.3 is 37.7 Å². The van der Waals surface area contributed by atoms with E-state index in [-0.39, 0.29) is 50.9 Å². The van der Waals surface area contributed by atoms with Gasteiger partial charge in [-0.25, -0.2) is 0 Å². The van der Waals surface area contributed by atoms with Crippen molar-refractivity contribution in [1.29, 1.82) is 0 Å². The topological polar surface area (TPSA) is 32.3 Å². The van der Waals surface area contributed by atoms with Gasteiger partial charge in [0, 0.05) is 5.75 Å². The molecule has 0 bridgehead atoms. The van der Waals surface area contributed by atoms with Crippen LogP contribution in [0.15, 0.2) is 24.3 Å². The fourth-order valence-corrected chi connectivity index (χ4v) is 0.627. The zero-order valence-corrected chi connectivity index (χ0v) is 7.54. The van der Waals surface area contributed by atoms with Crippen LogP contribution >= 0.6 is 0 Å². The summed E-state index contributed by atoms with van der Waals surface area (Å²) in [6, 6.07) is 9.90. The summed E-state index contributed by atoms with van der Waals surface area (Å²) in [5.41, 5.74) is 0. The van der Waals surface area contributed by atoms with E-state index in [0.717, 1.165) is 5.75 Å². The Labute approximate surface area is 96.7 Å². The quantitative estimate of drug-likeness (QED) is 0.317. The first kappa shape index (κ1) is 14.7. The van der Waals surface area contributed by atoms with E-state index in [0.29, 0.717) is 0 Å². The van der Waals surface area contributed by atoms with Crippen LogP contribution in [0.1, 0.15) is 0 Å². The van der Waals surface area contributed by atoms with Crippen LogP contribution in [0.4, 0.5) is 0 Å². The predicted molar refractivity (Wildman–Crippen MR) is 35.6 cm³/mol. The van der Waals surface area contributed by atoms with Gasteiger partial charge in [-0.1, -0.05) is 0 Å². The number of hydrogen-bond donors (Lipinski definition) is 0. The van der Waals surface area contributed by atoms with Crippen molar-refractivity contribution in [3.63, 3.8) is 0 Å². The minimum atomic E-state index is -0.196. The molecule has 0 saturated heterocycles. The Morgan fingerprint density at radius 3 is 2.33 bits per heavy atom. The first-order valence-electron chi connectivity index (χ1n) is 3.10. The average Bonchev–Trinajstić information content (AvgIpc) is 2.03. The van der Waals surface area contributed by atoms with Crippen molar-refractivity contribution < 1.29 is 47.6 Å². The standard InChI is InChI=1S/C8H8O2.2Li/c9-6-7-10-8-4-2-1-3-5-8;;/h2-5H,6-7H2;;/q-2;2*+1. The largest absolute Gasteiger partial charge is 1.00 e. The smallest absolute Gasteiger partial charge is 0.852 e. The second kappa shape index (κ2) is 9.26. The summed E-state index contributed by atoms with van der Waals surface area (Å²) in [5.74, 6) is 0.731. The molecule has 54 valence electrons. The number of hydrogen-bond acceptors (Lipinski definition) is 2. The summed E-state index contributed by atoms with van der Waals surface area (Å²) in [4.78, 5) is 0. The third-order valence-corrected chi connectivity index (χ3v) is 1.04. The molecule has 0 radical (unpaired) electrons. The fourth-order valence-electron chi connectivity index (χ4n) is 0.627. The predicted octanol–water partition coefficient (Wildman–Crippen LogP) is -5.77. The van der Waals surface area contributed by atoms with Gasteiger partial charge in [-0.15, -0.1) is 18.7 Å². The van der Waals surface area contributed by atoms with Crippen LogP contribution in [0.5, 0.6) is 5.75 Å². The third-order valence-electron chi connectivity index (χ3n) is 1.04. The Balaban J connectivity index is 0.